The van der Waals surface area contributed by atoms with E-state index in [0.29, 0.717) is 29.2 Å². The summed E-state index contributed by atoms with van der Waals surface area (Å²) in [5.41, 5.74) is 1.16. The number of nitrogens with zero attached hydrogens (tertiary/aromatic N) is 2. The summed E-state index contributed by atoms with van der Waals surface area (Å²) in [6.45, 7) is 2.27. The highest BCUT2D eigenvalue weighted by atomic mass is 19.4. The van der Waals surface area contributed by atoms with Crippen molar-refractivity contribution in [2.45, 2.75) is 25.7 Å². The van der Waals surface area contributed by atoms with Crippen molar-refractivity contribution < 1.29 is 32.2 Å². The Labute approximate surface area is 172 Å². The van der Waals surface area contributed by atoms with Crippen LogP contribution >= 0.6 is 0 Å². The molecule has 2 rings (SSSR count). The third-order valence-electron chi connectivity index (χ3n) is 3.84. The van der Waals surface area contributed by atoms with E-state index in [0.717, 1.165) is 12.1 Å². The normalized spacial score (nSPS) is 12.2. The number of benzene rings is 2. The largest absolute Gasteiger partial charge is 0.573 e. The zero-order valence-electron chi connectivity index (χ0n) is 16.7. The number of carbonyl (C=O) groups is 1. The number of esters is 1. The van der Waals surface area contributed by atoms with Gasteiger partial charge < -0.3 is 19.1 Å². The molecule has 2 aromatic carbocycles. The second-order valence-corrected chi connectivity index (χ2v) is 6.54. The lowest BCUT2D eigenvalue weighted by molar-refractivity contribution is -0.274. The molecular weight excluding hydrogens is 401 g/mol. The van der Waals surface area contributed by atoms with Crippen molar-refractivity contribution in [1.29, 1.82) is 5.26 Å². The minimum absolute atomic E-state index is 0.164. The topological polar surface area (TPSA) is 71.8 Å². The Balaban J connectivity index is 2.29. The van der Waals surface area contributed by atoms with Crippen molar-refractivity contribution in [2.75, 3.05) is 20.7 Å². The lowest BCUT2D eigenvalue weighted by atomic mass is 9.98. The molecule has 0 N–H and O–H groups in total. The predicted molar refractivity (Wildman–Crippen MR) is 102 cm³/mol. The van der Waals surface area contributed by atoms with E-state index in [4.69, 9.17) is 9.47 Å². The molecule has 0 bridgehead atoms. The van der Waals surface area contributed by atoms with Crippen LogP contribution in [-0.2, 0) is 16.1 Å². The standard InChI is InChI=1S/C21H21F3N2O4/c1-4-28-20(27)18(12-25)14-5-10-19(15(11-14)13-26(2)3)29-16-6-8-17(9-7-16)30-21(22,23)24/h5-11,18H,4,13H2,1-3H3. The van der Waals surface area contributed by atoms with Crippen LogP contribution in [0.1, 0.15) is 24.0 Å². The Bertz CT molecular complexity index is 906. The molecule has 0 saturated heterocycles. The van der Waals surface area contributed by atoms with Gasteiger partial charge in [0.25, 0.3) is 0 Å². The van der Waals surface area contributed by atoms with E-state index < -0.39 is 18.2 Å². The second-order valence-electron chi connectivity index (χ2n) is 6.54. The molecule has 1 atom stereocenters. The summed E-state index contributed by atoms with van der Waals surface area (Å²) in [7, 11) is 3.68. The fourth-order valence-electron chi connectivity index (χ4n) is 2.67. The summed E-state index contributed by atoms with van der Waals surface area (Å²) in [4.78, 5) is 13.9. The smallest absolute Gasteiger partial charge is 0.465 e. The lowest BCUT2D eigenvalue weighted by Crippen LogP contribution is -2.17. The van der Waals surface area contributed by atoms with Crippen LogP contribution in [0, 0.1) is 11.3 Å². The van der Waals surface area contributed by atoms with Gasteiger partial charge in [-0.05, 0) is 63.0 Å². The van der Waals surface area contributed by atoms with Crippen LogP contribution in [0.2, 0.25) is 0 Å². The van der Waals surface area contributed by atoms with Gasteiger partial charge in [-0.2, -0.15) is 5.26 Å². The van der Waals surface area contributed by atoms with Crippen molar-refractivity contribution in [3.05, 3.63) is 53.6 Å². The van der Waals surface area contributed by atoms with E-state index >= 15 is 0 Å². The third kappa shape index (κ3) is 6.67. The van der Waals surface area contributed by atoms with E-state index in [2.05, 4.69) is 4.74 Å². The van der Waals surface area contributed by atoms with E-state index in [-0.39, 0.29) is 12.4 Å². The average Bonchev–Trinajstić information content (AvgIpc) is 2.64. The van der Waals surface area contributed by atoms with Crippen LogP contribution in [-0.4, -0.2) is 37.9 Å². The number of hydrogen-bond donors (Lipinski definition) is 0. The maximum absolute atomic E-state index is 12.3. The number of rotatable bonds is 8. The Morgan fingerprint density at radius 2 is 1.77 bits per heavy atom. The summed E-state index contributed by atoms with van der Waals surface area (Å²) in [5, 5.41) is 9.38. The third-order valence-corrected chi connectivity index (χ3v) is 3.84. The molecule has 0 aromatic heterocycles. The minimum Gasteiger partial charge on any atom is -0.465 e. The van der Waals surface area contributed by atoms with E-state index in [1.165, 1.54) is 12.1 Å². The van der Waals surface area contributed by atoms with E-state index in [1.54, 1.807) is 25.1 Å². The van der Waals surface area contributed by atoms with Crippen LogP contribution in [0.3, 0.4) is 0 Å². The molecule has 9 heteroatoms. The number of carbonyl (C=O) groups excluding carboxylic acids is 1. The van der Waals surface area contributed by atoms with Gasteiger partial charge in [0, 0.05) is 12.1 Å². The first-order valence-electron chi connectivity index (χ1n) is 9.00. The molecule has 0 heterocycles. The second kappa shape index (κ2) is 9.98. The molecule has 0 aliphatic carbocycles. The van der Waals surface area contributed by atoms with Crippen molar-refractivity contribution >= 4 is 5.97 Å². The van der Waals surface area contributed by atoms with Crippen molar-refractivity contribution in [1.82, 2.24) is 4.90 Å². The van der Waals surface area contributed by atoms with Gasteiger partial charge in [-0.25, -0.2) is 0 Å². The number of alkyl halides is 3. The molecule has 0 saturated carbocycles. The molecule has 0 aliphatic rings. The van der Waals surface area contributed by atoms with Gasteiger partial charge in [-0.15, -0.1) is 13.2 Å². The van der Waals surface area contributed by atoms with Gasteiger partial charge in [-0.1, -0.05) is 6.07 Å². The highest BCUT2D eigenvalue weighted by Crippen LogP contribution is 2.31. The molecule has 0 spiro atoms. The number of nitriles is 1. The van der Waals surface area contributed by atoms with Gasteiger partial charge in [0.05, 0.1) is 12.7 Å². The summed E-state index contributed by atoms with van der Waals surface area (Å²) in [6.07, 6.45) is -4.77. The minimum atomic E-state index is -4.77. The summed E-state index contributed by atoms with van der Waals surface area (Å²) >= 11 is 0. The fraction of sp³-hybridized carbons (Fsp3) is 0.333. The number of halogens is 3. The van der Waals surface area contributed by atoms with Gasteiger partial charge in [0.2, 0.25) is 0 Å². The van der Waals surface area contributed by atoms with Gasteiger partial charge in [-0.3, -0.25) is 4.79 Å². The number of hydrogen-bond acceptors (Lipinski definition) is 6. The van der Waals surface area contributed by atoms with Crippen LogP contribution in [0.25, 0.3) is 0 Å². The van der Waals surface area contributed by atoms with Gasteiger partial charge in [0.15, 0.2) is 5.92 Å². The molecule has 160 valence electrons. The van der Waals surface area contributed by atoms with Crippen molar-refractivity contribution in [3.8, 4) is 23.3 Å². The first-order chi connectivity index (χ1) is 14.1. The maximum Gasteiger partial charge on any atom is 0.573 e. The van der Waals surface area contributed by atoms with Crippen LogP contribution in [0.4, 0.5) is 13.2 Å². The Morgan fingerprint density at radius 3 is 2.30 bits per heavy atom. The molecule has 0 radical (unpaired) electrons. The molecule has 0 aliphatic heterocycles. The molecule has 2 aromatic rings. The number of ether oxygens (including phenoxy) is 3. The van der Waals surface area contributed by atoms with Crippen LogP contribution in [0.15, 0.2) is 42.5 Å². The summed E-state index contributed by atoms with van der Waals surface area (Å²) in [6, 6.07) is 11.8. The Hall–Kier alpha value is -3.25. The monoisotopic (exact) mass is 422 g/mol. The highest BCUT2D eigenvalue weighted by molar-refractivity contribution is 5.81. The zero-order chi connectivity index (χ0) is 22.3. The first-order valence-corrected chi connectivity index (χ1v) is 9.00. The van der Waals surface area contributed by atoms with Crippen molar-refractivity contribution in [2.24, 2.45) is 0 Å². The van der Waals surface area contributed by atoms with Crippen molar-refractivity contribution in [3.63, 3.8) is 0 Å². The Kier molecular flexibility index (Phi) is 7.66. The maximum atomic E-state index is 12.3. The molecule has 30 heavy (non-hydrogen) atoms. The molecule has 0 fully saturated rings. The lowest BCUT2D eigenvalue weighted by Gasteiger charge is -2.18. The van der Waals surface area contributed by atoms with E-state index in [9.17, 15) is 23.2 Å². The van der Waals surface area contributed by atoms with E-state index in [1.807, 2.05) is 25.1 Å². The van der Waals surface area contributed by atoms with Crippen LogP contribution < -0.4 is 9.47 Å². The average molecular weight is 422 g/mol. The van der Waals surface area contributed by atoms with Crippen LogP contribution in [0.5, 0.6) is 17.2 Å². The highest BCUT2D eigenvalue weighted by Gasteiger charge is 2.31. The summed E-state index contributed by atoms with van der Waals surface area (Å²) < 4.78 is 51.5. The predicted octanol–water partition coefficient (Wildman–Crippen LogP) is 4.61. The van der Waals surface area contributed by atoms with Gasteiger partial charge in [0.1, 0.15) is 17.2 Å². The first kappa shape index (κ1) is 23.0. The summed E-state index contributed by atoms with van der Waals surface area (Å²) in [5.74, 6) is -1.31. The molecule has 0 amide bonds. The quantitative estimate of drug-likeness (QED) is 0.579. The fourth-order valence-corrected chi connectivity index (χ4v) is 2.67. The zero-order valence-corrected chi connectivity index (χ0v) is 16.7. The van der Waals surface area contributed by atoms with Gasteiger partial charge >= 0.3 is 12.3 Å². The molecule has 6 nitrogen and oxygen atoms in total. The molecule has 1 unspecified atom stereocenters. The Morgan fingerprint density at radius 1 is 1.13 bits per heavy atom. The molecular formula is C21H21F3N2O4. The SMILES string of the molecule is CCOC(=O)C(C#N)c1ccc(Oc2ccc(OC(F)(F)F)cc2)c(CN(C)C)c1.